The Kier molecular flexibility index (Phi) is 4.74. The van der Waals surface area contributed by atoms with Gasteiger partial charge in [0.2, 0.25) is 15.9 Å². The zero-order chi connectivity index (χ0) is 14.0. The lowest BCUT2D eigenvalue weighted by molar-refractivity contribution is -0.136. The molecule has 0 aliphatic carbocycles. The van der Waals surface area contributed by atoms with Gasteiger partial charge in [0, 0.05) is 19.1 Å². The maximum absolute atomic E-state index is 11.9. The highest BCUT2D eigenvalue weighted by Crippen LogP contribution is 2.14. The van der Waals surface area contributed by atoms with Gasteiger partial charge in [-0.2, -0.15) is 0 Å². The maximum atomic E-state index is 11.9. The van der Waals surface area contributed by atoms with Crippen LogP contribution in [0.5, 0.6) is 0 Å². The molecule has 0 aromatic heterocycles. The smallest absolute Gasteiger partial charge is 0.242 e. The fourth-order valence-electron chi connectivity index (χ4n) is 1.95. The lowest BCUT2D eigenvalue weighted by Gasteiger charge is -2.35. The van der Waals surface area contributed by atoms with E-state index in [1.165, 1.54) is 0 Å². The summed E-state index contributed by atoms with van der Waals surface area (Å²) in [6.07, 6.45) is 1.28. The lowest BCUT2D eigenvalue weighted by Crippen LogP contribution is -2.55. The van der Waals surface area contributed by atoms with Crippen LogP contribution in [0, 0.1) is 0 Å². The van der Waals surface area contributed by atoms with Gasteiger partial charge in [0.25, 0.3) is 0 Å². The maximum Gasteiger partial charge on any atom is 0.242 e. The minimum Gasteiger partial charge on any atom is -0.341 e. The first-order chi connectivity index (χ1) is 8.15. The van der Waals surface area contributed by atoms with Crippen LogP contribution in [0.3, 0.4) is 0 Å². The number of amides is 1. The van der Waals surface area contributed by atoms with Crippen LogP contribution < -0.4 is 10.5 Å². The van der Waals surface area contributed by atoms with Gasteiger partial charge in [-0.15, -0.1) is 0 Å². The average Bonchev–Trinajstić information content (AvgIpc) is 2.27. The number of nitrogens with two attached hydrogens (primary N) is 1. The zero-order valence-corrected chi connectivity index (χ0v) is 12.1. The van der Waals surface area contributed by atoms with Gasteiger partial charge in [0.05, 0.1) is 11.3 Å². The summed E-state index contributed by atoms with van der Waals surface area (Å²) in [6, 6.07) is -0.0695. The summed E-state index contributed by atoms with van der Waals surface area (Å²) in [6.45, 7) is 6.08. The van der Waals surface area contributed by atoms with Crippen molar-refractivity contribution in [1.82, 2.24) is 9.62 Å². The van der Waals surface area contributed by atoms with Crippen molar-refractivity contribution in [3.8, 4) is 0 Å². The molecule has 6 nitrogen and oxygen atoms in total. The number of likely N-dealkylation sites (tertiary alicyclic amines) is 1. The Labute approximate surface area is 109 Å². The van der Waals surface area contributed by atoms with Crippen LogP contribution in [0.2, 0.25) is 0 Å². The average molecular weight is 277 g/mol. The second kappa shape index (κ2) is 5.54. The standard InChI is InChI=1S/C11H23N3O3S/c1-4-18(16,17)13-9-5-7-14(8-6-9)10(15)11(2,3)12/h9,13H,4-8,12H2,1-3H3. The lowest BCUT2D eigenvalue weighted by atomic mass is 10.0. The number of carbonyl (C=O) groups is 1. The van der Waals surface area contributed by atoms with Crippen molar-refractivity contribution in [2.75, 3.05) is 18.8 Å². The Morgan fingerprint density at radius 1 is 1.39 bits per heavy atom. The molecule has 0 aromatic rings. The molecule has 1 saturated heterocycles. The monoisotopic (exact) mass is 277 g/mol. The van der Waals surface area contributed by atoms with E-state index < -0.39 is 15.6 Å². The van der Waals surface area contributed by atoms with Gasteiger partial charge in [-0.25, -0.2) is 13.1 Å². The van der Waals surface area contributed by atoms with Crippen molar-refractivity contribution in [3.63, 3.8) is 0 Å². The molecule has 0 aromatic carbocycles. The van der Waals surface area contributed by atoms with Gasteiger partial charge < -0.3 is 10.6 Å². The number of hydrogen-bond acceptors (Lipinski definition) is 4. The molecule has 0 atom stereocenters. The molecule has 0 spiro atoms. The highest BCUT2D eigenvalue weighted by atomic mass is 32.2. The summed E-state index contributed by atoms with van der Waals surface area (Å²) >= 11 is 0. The SMILES string of the molecule is CCS(=O)(=O)NC1CCN(C(=O)C(C)(C)N)CC1. The van der Waals surface area contributed by atoms with Crippen LogP contribution >= 0.6 is 0 Å². The van der Waals surface area contributed by atoms with Gasteiger partial charge in [-0.05, 0) is 33.6 Å². The van der Waals surface area contributed by atoms with Crippen LogP contribution in [0.4, 0.5) is 0 Å². The summed E-state index contributed by atoms with van der Waals surface area (Å²) in [7, 11) is -3.16. The van der Waals surface area contributed by atoms with E-state index in [2.05, 4.69) is 4.72 Å². The highest BCUT2D eigenvalue weighted by molar-refractivity contribution is 7.89. The van der Waals surface area contributed by atoms with E-state index in [-0.39, 0.29) is 17.7 Å². The molecule has 1 heterocycles. The molecule has 1 aliphatic rings. The summed E-state index contributed by atoms with van der Waals surface area (Å²) in [5.41, 5.74) is 4.90. The van der Waals surface area contributed by atoms with Crippen LogP contribution in [-0.4, -0.2) is 49.6 Å². The molecule has 1 amide bonds. The van der Waals surface area contributed by atoms with Crippen LogP contribution in [-0.2, 0) is 14.8 Å². The first-order valence-corrected chi connectivity index (χ1v) is 7.89. The summed E-state index contributed by atoms with van der Waals surface area (Å²) < 4.78 is 25.5. The molecular formula is C11H23N3O3S. The van der Waals surface area contributed by atoms with Crippen molar-refractivity contribution in [2.45, 2.75) is 45.2 Å². The summed E-state index contributed by atoms with van der Waals surface area (Å²) in [5, 5.41) is 0. The van der Waals surface area contributed by atoms with Gasteiger partial charge in [0.15, 0.2) is 0 Å². The second-order valence-electron chi connectivity index (χ2n) is 5.31. The number of carbonyl (C=O) groups excluding carboxylic acids is 1. The first-order valence-electron chi connectivity index (χ1n) is 6.24. The van der Waals surface area contributed by atoms with Gasteiger partial charge in [-0.3, -0.25) is 4.79 Å². The van der Waals surface area contributed by atoms with Crippen molar-refractivity contribution >= 4 is 15.9 Å². The number of nitrogens with zero attached hydrogens (tertiary/aromatic N) is 1. The Bertz CT molecular complexity index is 392. The molecule has 0 unspecified atom stereocenters. The van der Waals surface area contributed by atoms with Crippen molar-refractivity contribution in [1.29, 1.82) is 0 Å². The Balaban J connectivity index is 2.50. The number of hydrogen-bond donors (Lipinski definition) is 2. The van der Waals surface area contributed by atoms with E-state index in [0.29, 0.717) is 25.9 Å². The van der Waals surface area contributed by atoms with E-state index in [9.17, 15) is 13.2 Å². The molecule has 1 fully saturated rings. The third kappa shape index (κ3) is 4.22. The van der Waals surface area contributed by atoms with E-state index in [1.54, 1.807) is 25.7 Å². The van der Waals surface area contributed by atoms with Gasteiger partial charge >= 0.3 is 0 Å². The number of sulfonamides is 1. The molecule has 18 heavy (non-hydrogen) atoms. The molecule has 7 heteroatoms. The van der Waals surface area contributed by atoms with E-state index in [4.69, 9.17) is 5.73 Å². The van der Waals surface area contributed by atoms with Gasteiger partial charge in [-0.1, -0.05) is 0 Å². The van der Waals surface area contributed by atoms with E-state index in [1.807, 2.05) is 0 Å². The number of nitrogens with one attached hydrogen (secondary N) is 1. The quantitative estimate of drug-likeness (QED) is 0.735. The third-order valence-electron chi connectivity index (χ3n) is 3.06. The second-order valence-corrected chi connectivity index (χ2v) is 7.35. The minimum absolute atomic E-state index is 0.0695. The molecule has 106 valence electrons. The molecule has 0 saturated carbocycles. The van der Waals surface area contributed by atoms with E-state index >= 15 is 0 Å². The third-order valence-corrected chi connectivity index (χ3v) is 4.51. The van der Waals surface area contributed by atoms with Crippen LogP contribution in [0.25, 0.3) is 0 Å². The molecule has 3 N–H and O–H groups in total. The Morgan fingerprint density at radius 2 is 1.89 bits per heavy atom. The summed E-state index contributed by atoms with van der Waals surface area (Å²) in [5.74, 6) is 0.00131. The molecule has 0 bridgehead atoms. The Morgan fingerprint density at radius 3 is 2.28 bits per heavy atom. The van der Waals surface area contributed by atoms with E-state index in [0.717, 1.165) is 0 Å². The summed E-state index contributed by atoms with van der Waals surface area (Å²) in [4.78, 5) is 13.6. The molecule has 0 radical (unpaired) electrons. The topological polar surface area (TPSA) is 92.5 Å². The normalized spacial score (nSPS) is 19.0. The van der Waals surface area contributed by atoms with Crippen molar-refractivity contribution in [3.05, 3.63) is 0 Å². The highest BCUT2D eigenvalue weighted by Gasteiger charge is 2.31. The molecule has 1 aliphatic heterocycles. The largest absolute Gasteiger partial charge is 0.341 e. The molecule has 1 rings (SSSR count). The van der Waals surface area contributed by atoms with Gasteiger partial charge in [0.1, 0.15) is 0 Å². The fraction of sp³-hybridized carbons (Fsp3) is 0.909. The predicted molar refractivity (Wildman–Crippen MR) is 70.5 cm³/mol. The Hall–Kier alpha value is -0.660. The van der Waals surface area contributed by atoms with Crippen molar-refractivity contribution < 1.29 is 13.2 Å². The van der Waals surface area contributed by atoms with Crippen LogP contribution in [0.1, 0.15) is 33.6 Å². The molecular weight excluding hydrogens is 254 g/mol. The minimum atomic E-state index is -3.16. The number of rotatable bonds is 4. The van der Waals surface area contributed by atoms with Crippen molar-refractivity contribution in [2.24, 2.45) is 5.73 Å². The fourth-order valence-corrected chi connectivity index (χ4v) is 2.86. The predicted octanol–water partition coefficient (Wildman–Crippen LogP) is -0.346. The first kappa shape index (κ1) is 15.4. The number of piperidine rings is 1. The zero-order valence-electron chi connectivity index (χ0n) is 11.3. The van der Waals surface area contributed by atoms with Crippen LogP contribution in [0.15, 0.2) is 0 Å².